The zero-order valence-corrected chi connectivity index (χ0v) is 10.2. The molecule has 1 aromatic carbocycles. The summed E-state index contributed by atoms with van der Waals surface area (Å²) in [6.45, 7) is 0. The fourth-order valence-corrected chi connectivity index (χ4v) is 3.49. The number of anilines is 1. The normalized spacial score (nSPS) is 18.1. The lowest BCUT2D eigenvalue weighted by Gasteiger charge is -2.28. The maximum atomic E-state index is 9.35. The Morgan fingerprint density at radius 1 is 0.765 bits per heavy atom. The molecule has 2 aliphatic rings. The number of rotatable bonds is 0. The Hall–Kier alpha value is -1.49. The number of hydrogen-bond donors (Lipinski definition) is 1. The molecule has 0 unspecified atom stereocenters. The smallest absolute Gasteiger partial charge is 0.102 e. The molecule has 0 saturated carbocycles. The van der Waals surface area contributed by atoms with E-state index in [1.807, 2.05) is 0 Å². The van der Waals surface area contributed by atoms with E-state index in [9.17, 15) is 5.26 Å². The van der Waals surface area contributed by atoms with E-state index in [0.717, 1.165) is 30.5 Å². The molecule has 2 N–H and O–H groups in total. The molecule has 0 fully saturated rings. The van der Waals surface area contributed by atoms with Gasteiger partial charge in [0.15, 0.2) is 0 Å². The number of nitrogen functional groups attached to an aromatic ring is 1. The van der Waals surface area contributed by atoms with Crippen molar-refractivity contribution in [3.8, 4) is 6.07 Å². The zero-order valence-electron chi connectivity index (χ0n) is 10.2. The average molecular weight is 226 g/mol. The molecule has 3 rings (SSSR count). The number of nitrogens with zero attached hydrogens (tertiary/aromatic N) is 1. The van der Waals surface area contributed by atoms with Crippen LogP contribution in [0, 0.1) is 11.3 Å². The molecule has 0 atom stereocenters. The monoisotopic (exact) mass is 226 g/mol. The van der Waals surface area contributed by atoms with Crippen molar-refractivity contribution in [2.24, 2.45) is 0 Å². The molecule has 0 aliphatic heterocycles. The van der Waals surface area contributed by atoms with Gasteiger partial charge in [-0.1, -0.05) is 0 Å². The molecular weight excluding hydrogens is 208 g/mol. The number of fused-ring (bicyclic) bond motifs is 3. The van der Waals surface area contributed by atoms with Gasteiger partial charge in [-0.2, -0.15) is 5.26 Å². The zero-order chi connectivity index (χ0) is 11.8. The van der Waals surface area contributed by atoms with E-state index in [2.05, 4.69) is 6.07 Å². The van der Waals surface area contributed by atoms with Gasteiger partial charge >= 0.3 is 0 Å². The summed E-state index contributed by atoms with van der Waals surface area (Å²) in [4.78, 5) is 0. The number of benzene rings is 1. The number of nitriles is 1. The second-order valence-corrected chi connectivity index (χ2v) is 5.23. The quantitative estimate of drug-likeness (QED) is 0.691. The van der Waals surface area contributed by atoms with Crippen LogP contribution < -0.4 is 5.73 Å². The third-order valence-electron chi connectivity index (χ3n) is 4.31. The van der Waals surface area contributed by atoms with Gasteiger partial charge in [0.25, 0.3) is 0 Å². The summed E-state index contributed by atoms with van der Waals surface area (Å²) in [7, 11) is 0. The Morgan fingerprint density at radius 3 is 1.82 bits per heavy atom. The standard InChI is InChI=1S/C15H18N2/c16-9-14-12-7-2-1-5-10(12)11-6-3-4-8-13(11)15(14)17/h1-8,17H2. The van der Waals surface area contributed by atoms with E-state index < -0.39 is 0 Å². The molecular formula is C15H18N2. The lowest BCUT2D eigenvalue weighted by molar-refractivity contribution is 0.641. The Labute approximate surface area is 102 Å². The Kier molecular flexibility index (Phi) is 2.55. The van der Waals surface area contributed by atoms with Crippen molar-refractivity contribution in [1.82, 2.24) is 0 Å². The van der Waals surface area contributed by atoms with Gasteiger partial charge in [0.2, 0.25) is 0 Å². The molecule has 0 saturated heterocycles. The highest BCUT2D eigenvalue weighted by atomic mass is 14.6. The van der Waals surface area contributed by atoms with E-state index in [-0.39, 0.29) is 0 Å². The first kappa shape index (κ1) is 10.7. The molecule has 2 heteroatoms. The van der Waals surface area contributed by atoms with E-state index in [0.29, 0.717) is 0 Å². The van der Waals surface area contributed by atoms with Crippen LogP contribution in [0.1, 0.15) is 53.5 Å². The summed E-state index contributed by atoms with van der Waals surface area (Å²) >= 11 is 0. The van der Waals surface area contributed by atoms with Crippen LogP contribution in [0.3, 0.4) is 0 Å². The lowest BCUT2D eigenvalue weighted by Crippen LogP contribution is -2.17. The topological polar surface area (TPSA) is 49.8 Å². The molecule has 0 aromatic heterocycles. The third-order valence-corrected chi connectivity index (χ3v) is 4.31. The van der Waals surface area contributed by atoms with Crippen molar-refractivity contribution in [3.05, 3.63) is 27.8 Å². The molecule has 1 aromatic rings. The maximum absolute atomic E-state index is 9.35. The number of nitrogens with two attached hydrogens (primary N) is 1. The molecule has 0 radical (unpaired) electrons. The van der Waals surface area contributed by atoms with Crippen LogP contribution in [0.4, 0.5) is 5.69 Å². The maximum Gasteiger partial charge on any atom is 0.102 e. The first-order chi connectivity index (χ1) is 8.33. The molecule has 2 aliphatic carbocycles. The van der Waals surface area contributed by atoms with Crippen LogP contribution in [-0.2, 0) is 25.7 Å². The van der Waals surface area contributed by atoms with E-state index in [1.165, 1.54) is 54.4 Å². The molecule has 0 spiro atoms. The van der Waals surface area contributed by atoms with Crippen LogP contribution in [0.15, 0.2) is 0 Å². The second-order valence-electron chi connectivity index (χ2n) is 5.23. The predicted molar refractivity (Wildman–Crippen MR) is 68.9 cm³/mol. The summed E-state index contributed by atoms with van der Waals surface area (Å²) in [6.07, 6.45) is 9.44. The van der Waals surface area contributed by atoms with Gasteiger partial charge < -0.3 is 5.73 Å². The predicted octanol–water partition coefficient (Wildman–Crippen LogP) is 2.90. The Balaban J connectivity index is 2.30. The highest BCUT2D eigenvalue weighted by Gasteiger charge is 2.25. The summed E-state index contributed by atoms with van der Waals surface area (Å²) in [6, 6.07) is 2.35. The Bertz CT molecular complexity index is 509. The van der Waals surface area contributed by atoms with Crippen molar-refractivity contribution < 1.29 is 0 Å². The third kappa shape index (κ3) is 1.53. The lowest BCUT2D eigenvalue weighted by atomic mass is 9.77. The van der Waals surface area contributed by atoms with Crippen LogP contribution >= 0.6 is 0 Å². The van der Waals surface area contributed by atoms with Gasteiger partial charge in [-0.25, -0.2) is 0 Å². The fourth-order valence-electron chi connectivity index (χ4n) is 3.49. The van der Waals surface area contributed by atoms with Gasteiger partial charge in [0, 0.05) is 0 Å². The van der Waals surface area contributed by atoms with Crippen molar-refractivity contribution in [2.45, 2.75) is 51.4 Å². The fraction of sp³-hybridized carbons (Fsp3) is 0.533. The van der Waals surface area contributed by atoms with E-state index in [4.69, 9.17) is 5.73 Å². The first-order valence-electron chi connectivity index (χ1n) is 6.68. The highest BCUT2D eigenvalue weighted by Crippen LogP contribution is 2.38. The number of hydrogen-bond acceptors (Lipinski definition) is 2. The molecule has 0 amide bonds. The molecule has 0 heterocycles. The summed E-state index contributed by atoms with van der Waals surface area (Å²) < 4.78 is 0. The van der Waals surface area contributed by atoms with Crippen molar-refractivity contribution >= 4 is 5.69 Å². The Morgan fingerprint density at radius 2 is 1.24 bits per heavy atom. The van der Waals surface area contributed by atoms with Gasteiger partial charge in [-0.15, -0.1) is 0 Å². The van der Waals surface area contributed by atoms with Gasteiger partial charge in [-0.05, 0) is 73.6 Å². The SMILES string of the molecule is N#Cc1c(N)c2c(c3c1CCCC3)CCCC2. The van der Waals surface area contributed by atoms with E-state index in [1.54, 1.807) is 0 Å². The second kappa shape index (κ2) is 4.07. The van der Waals surface area contributed by atoms with Crippen LogP contribution in [0.5, 0.6) is 0 Å². The van der Waals surface area contributed by atoms with Crippen LogP contribution in [0.2, 0.25) is 0 Å². The summed E-state index contributed by atoms with van der Waals surface area (Å²) in [5.41, 5.74) is 13.4. The van der Waals surface area contributed by atoms with Gasteiger partial charge in [0.05, 0.1) is 11.3 Å². The summed E-state index contributed by atoms with van der Waals surface area (Å²) in [5, 5.41) is 9.35. The van der Waals surface area contributed by atoms with Crippen molar-refractivity contribution in [3.63, 3.8) is 0 Å². The molecule has 0 bridgehead atoms. The summed E-state index contributed by atoms with van der Waals surface area (Å²) in [5.74, 6) is 0. The van der Waals surface area contributed by atoms with Crippen molar-refractivity contribution in [2.75, 3.05) is 5.73 Å². The molecule has 17 heavy (non-hydrogen) atoms. The minimum atomic E-state index is 0.792. The van der Waals surface area contributed by atoms with E-state index >= 15 is 0 Å². The minimum Gasteiger partial charge on any atom is -0.397 e. The first-order valence-corrected chi connectivity index (χ1v) is 6.68. The van der Waals surface area contributed by atoms with Crippen LogP contribution in [-0.4, -0.2) is 0 Å². The van der Waals surface area contributed by atoms with Gasteiger partial charge in [-0.3, -0.25) is 0 Å². The van der Waals surface area contributed by atoms with Crippen LogP contribution in [0.25, 0.3) is 0 Å². The highest BCUT2D eigenvalue weighted by molar-refractivity contribution is 5.69. The minimum absolute atomic E-state index is 0.792. The molecule has 88 valence electrons. The van der Waals surface area contributed by atoms with Crippen molar-refractivity contribution in [1.29, 1.82) is 5.26 Å². The average Bonchev–Trinajstić information content (AvgIpc) is 2.40. The molecule has 2 nitrogen and oxygen atoms in total. The largest absolute Gasteiger partial charge is 0.397 e. The van der Waals surface area contributed by atoms with Gasteiger partial charge in [0.1, 0.15) is 6.07 Å².